The molecule has 0 aliphatic carbocycles. The molecule has 0 bridgehead atoms. The van der Waals surface area contributed by atoms with Gasteiger partial charge in [-0.05, 0) is 0 Å². The summed E-state index contributed by atoms with van der Waals surface area (Å²) in [5.41, 5.74) is 0. The van der Waals surface area contributed by atoms with Crippen LogP contribution in [0.15, 0.2) is 0 Å². The van der Waals surface area contributed by atoms with Gasteiger partial charge in [0, 0.05) is 10.2 Å². The fourth-order valence-electron chi connectivity index (χ4n) is 0.525. The van der Waals surface area contributed by atoms with Crippen LogP contribution in [0.25, 0.3) is 0 Å². The van der Waals surface area contributed by atoms with Crippen LogP contribution < -0.4 is 0 Å². The first-order valence-corrected chi connectivity index (χ1v) is 4.95. The minimum absolute atomic E-state index is 0.0926. The van der Waals surface area contributed by atoms with Crippen LogP contribution in [-0.4, -0.2) is 23.2 Å². The standard InChI is InChI=1S/C6H10Br2O2/c1-4(8)5(3-7)6(9)10-2/h4-5H,3H2,1-2H3. The largest absolute Gasteiger partial charge is 0.469 e. The van der Waals surface area contributed by atoms with E-state index in [0.29, 0.717) is 5.33 Å². The lowest BCUT2D eigenvalue weighted by Crippen LogP contribution is -2.24. The number of alkyl halides is 2. The van der Waals surface area contributed by atoms with Crippen molar-refractivity contribution in [3.8, 4) is 0 Å². The Kier molecular flexibility index (Phi) is 5.35. The van der Waals surface area contributed by atoms with Crippen molar-refractivity contribution in [3.05, 3.63) is 0 Å². The van der Waals surface area contributed by atoms with Crippen LogP contribution in [0.1, 0.15) is 6.92 Å². The second kappa shape index (κ2) is 5.13. The molecule has 0 saturated carbocycles. The molecule has 0 radical (unpaired) electrons. The Bertz CT molecular complexity index is 114. The van der Waals surface area contributed by atoms with Gasteiger partial charge in [0.25, 0.3) is 0 Å². The van der Waals surface area contributed by atoms with E-state index in [9.17, 15) is 4.79 Å². The molecule has 2 unspecified atom stereocenters. The van der Waals surface area contributed by atoms with E-state index in [2.05, 4.69) is 36.6 Å². The fraction of sp³-hybridized carbons (Fsp3) is 0.833. The second-order valence-corrected chi connectivity index (χ2v) is 4.05. The van der Waals surface area contributed by atoms with Gasteiger partial charge in [0.15, 0.2) is 0 Å². The minimum atomic E-state index is -0.179. The second-order valence-electron chi connectivity index (χ2n) is 1.96. The highest BCUT2D eigenvalue weighted by Gasteiger charge is 2.22. The van der Waals surface area contributed by atoms with Gasteiger partial charge in [-0.25, -0.2) is 0 Å². The lowest BCUT2D eigenvalue weighted by Gasteiger charge is -2.12. The molecular weight excluding hydrogens is 264 g/mol. The average Bonchev–Trinajstić information content (AvgIpc) is 1.88. The first kappa shape index (κ1) is 10.4. The summed E-state index contributed by atoms with van der Waals surface area (Å²) in [5, 5.41) is 0.631. The van der Waals surface area contributed by atoms with Crippen molar-refractivity contribution < 1.29 is 9.53 Å². The lowest BCUT2D eigenvalue weighted by atomic mass is 10.1. The molecule has 0 spiro atoms. The number of rotatable bonds is 3. The van der Waals surface area contributed by atoms with Crippen LogP contribution in [0.2, 0.25) is 0 Å². The zero-order valence-corrected chi connectivity index (χ0v) is 9.11. The molecule has 10 heavy (non-hydrogen) atoms. The van der Waals surface area contributed by atoms with Gasteiger partial charge in [-0.2, -0.15) is 0 Å². The Balaban J connectivity index is 3.93. The van der Waals surface area contributed by atoms with E-state index in [1.54, 1.807) is 0 Å². The summed E-state index contributed by atoms with van der Waals surface area (Å²) in [6, 6.07) is 0. The van der Waals surface area contributed by atoms with Gasteiger partial charge >= 0.3 is 5.97 Å². The van der Waals surface area contributed by atoms with Gasteiger partial charge in [0.2, 0.25) is 0 Å². The summed E-state index contributed by atoms with van der Waals surface area (Å²) in [7, 11) is 1.40. The van der Waals surface area contributed by atoms with Crippen LogP contribution in [0, 0.1) is 5.92 Å². The monoisotopic (exact) mass is 272 g/mol. The summed E-state index contributed by atoms with van der Waals surface area (Å²) < 4.78 is 4.57. The summed E-state index contributed by atoms with van der Waals surface area (Å²) in [5.74, 6) is -0.272. The first-order chi connectivity index (χ1) is 4.63. The zero-order chi connectivity index (χ0) is 8.15. The van der Waals surface area contributed by atoms with Crippen LogP contribution in [0.4, 0.5) is 0 Å². The normalized spacial score (nSPS) is 16.0. The number of esters is 1. The number of hydrogen-bond acceptors (Lipinski definition) is 2. The Hall–Kier alpha value is 0.430. The van der Waals surface area contributed by atoms with Gasteiger partial charge in [-0.15, -0.1) is 0 Å². The molecule has 2 nitrogen and oxygen atoms in total. The molecule has 0 amide bonds. The summed E-state index contributed by atoms with van der Waals surface area (Å²) >= 11 is 6.54. The molecular formula is C6H10Br2O2. The van der Waals surface area contributed by atoms with Crippen molar-refractivity contribution in [1.82, 2.24) is 0 Å². The van der Waals surface area contributed by atoms with Crippen molar-refractivity contribution >= 4 is 37.8 Å². The fourth-order valence-corrected chi connectivity index (χ4v) is 2.25. The zero-order valence-electron chi connectivity index (χ0n) is 5.93. The Morgan fingerprint density at radius 1 is 1.70 bits per heavy atom. The number of carbonyl (C=O) groups is 1. The number of carbonyl (C=O) groups excluding carboxylic acids is 1. The first-order valence-electron chi connectivity index (χ1n) is 2.91. The SMILES string of the molecule is COC(=O)C(CBr)C(C)Br. The van der Waals surface area contributed by atoms with Crippen LogP contribution in [0.3, 0.4) is 0 Å². The number of hydrogen-bond donors (Lipinski definition) is 0. The quantitative estimate of drug-likeness (QED) is 0.580. The van der Waals surface area contributed by atoms with E-state index in [0.717, 1.165) is 0 Å². The number of halogens is 2. The summed E-state index contributed by atoms with van der Waals surface area (Å²) in [4.78, 5) is 11.1. The van der Waals surface area contributed by atoms with E-state index in [1.807, 2.05) is 6.92 Å². The van der Waals surface area contributed by atoms with Crippen molar-refractivity contribution in [2.45, 2.75) is 11.8 Å². The molecule has 0 aliphatic heterocycles. The van der Waals surface area contributed by atoms with E-state index in [1.165, 1.54) is 7.11 Å². The van der Waals surface area contributed by atoms with Gasteiger partial charge in [-0.3, -0.25) is 4.79 Å². The average molecular weight is 274 g/mol. The van der Waals surface area contributed by atoms with Crippen molar-refractivity contribution in [1.29, 1.82) is 0 Å². The van der Waals surface area contributed by atoms with Crippen LogP contribution in [0.5, 0.6) is 0 Å². The molecule has 60 valence electrons. The molecule has 0 rings (SSSR count). The molecule has 0 fully saturated rings. The van der Waals surface area contributed by atoms with Crippen LogP contribution in [-0.2, 0) is 9.53 Å². The maximum absolute atomic E-state index is 10.9. The molecule has 0 aromatic rings. The molecule has 4 heteroatoms. The molecule has 0 heterocycles. The van der Waals surface area contributed by atoms with Gasteiger partial charge in [-0.1, -0.05) is 38.8 Å². The highest BCUT2D eigenvalue weighted by atomic mass is 79.9. The molecule has 0 aromatic carbocycles. The van der Waals surface area contributed by atoms with Gasteiger partial charge in [0.1, 0.15) is 0 Å². The highest BCUT2D eigenvalue weighted by molar-refractivity contribution is 9.10. The topological polar surface area (TPSA) is 26.3 Å². The van der Waals surface area contributed by atoms with Crippen molar-refractivity contribution in [2.75, 3.05) is 12.4 Å². The maximum atomic E-state index is 10.9. The number of ether oxygens (including phenoxy) is 1. The Labute approximate surface area is 77.6 Å². The smallest absolute Gasteiger partial charge is 0.310 e. The predicted molar refractivity (Wildman–Crippen MR) is 47.7 cm³/mol. The van der Waals surface area contributed by atoms with Gasteiger partial charge in [0.05, 0.1) is 13.0 Å². The third kappa shape index (κ3) is 3.01. The Morgan fingerprint density at radius 2 is 2.20 bits per heavy atom. The summed E-state index contributed by atoms with van der Waals surface area (Å²) in [6.07, 6.45) is 0. The molecule has 0 N–H and O–H groups in total. The highest BCUT2D eigenvalue weighted by Crippen LogP contribution is 2.16. The third-order valence-electron chi connectivity index (χ3n) is 1.22. The van der Waals surface area contributed by atoms with E-state index in [-0.39, 0.29) is 16.7 Å². The van der Waals surface area contributed by atoms with Crippen molar-refractivity contribution in [2.24, 2.45) is 5.92 Å². The van der Waals surface area contributed by atoms with Crippen LogP contribution >= 0.6 is 31.9 Å². The van der Waals surface area contributed by atoms with Crippen molar-refractivity contribution in [3.63, 3.8) is 0 Å². The molecule has 0 aliphatic rings. The van der Waals surface area contributed by atoms with E-state index in [4.69, 9.17) is 0 Å². The molecule has 2 atom stereocenters. The van der Waals surface area contributed by atoms with E-state index >= 15 is 0 Å². The predicted octanol–water partition coefficient (Wildman–Crippen LogP) is 1.95. The summed E-state index contributed by atoms with van der Waals surface area (Å²) in [6.45, 7) is 1.92. The van der Waals surface area contributed by atoms with Gasteiger partial charge < -0.3 is 4.74 Å². The molecule has 0 aromatic heterocycles. The maximum Gasteiger partial charge on any atom is 0.310 e. The minimum Gasteiger partial charge on any atom is -0.469 e. The Morgan fingerprint density at radius 3 is 2.30 bits per heavy atom. The lowest BCUT2D eigenvalue weighted by molar-refractivity contribution is -0.144. The van der Waals surface area contributed by atoms with E-state index < -0.39 is 0 Å². The number of methoxy groups -OCH3 is 1. The third-order valence-corrected chi connectivity index (χ3v) is 2.56. The molecule has 0 saturated heterocycles.